The molecule has 1 fully saturated rings. The van der Waals surface area contributed by atoms with Gasteiger partial charge in [0, 0.05) is 6.04 Å². The number of carbonyl (C=O) groups is 3. The predicted octanol–water partition coefficient (Wildman–Crippen LogP) is 1.21. The minimum atomic E-state index is -0.678. The van der Waals surface area contributed by atoms with Crippen molar-refractivity contribution in [2.24, 2.45) is 0 Å². The Hall–Kier alpha value is -2.57. The zero-order valence-corrected chi connectivity index (χ0v) is 13.2. The van der Waals surface area contributed by atoms with Crippen molar-refractivity contribution < 1.29 is 23.9 Å². The van der Waals surface area contributed by atoms with Crippen LogP contribution in [-0.4, -0.2) is 37.2 Å². The van der Waals surface area contributed by atoms with E-state index in [-0.39, 0.29) is 12.6 Å². The first kappa shape index (κ1) is 16.8. The number of hydrogen-bond donors (Lipinski definition) is 2. The van der Waals surface area contributed by atoms with Gasteiger partial charge in [0.25, 0.3) is 5.91 Å². The number of hydrogen-bond acceptors (Lipinski definition) is 5. The fourth-order valence-electron chi connectivity index (χ4n) is 1.90. The third-order valence-corrected chi connectivity index (χ3v) is 3.21. The molecule has 0 atom stereocenters. The molecule has 124 valence electrons. The summed E-state index contributed by atoms with van der Waals surface area (Å²) in [6.07, 6.45) is 1.85. The molecule has 0 bridgehead atoms. The lowest BCUT2D eigenvalue weighted by molar-refractivity contribution is -0.150. The molecular formula is C16H20N2O5. The van der Waals surface area contributed by atoms with Crippen LogP contribution in [0.25, 0.3) is 0 Å². The highest BCUT2D eigenvalue weighted by molar-refractivity contribution is 5.95. The Balaban J connectivity index is 1.65. The molecule has 0 spiro atoms. The predicted molar refractivity (Wildman–Crippen MR) is 82.1 cm³/mol. The van der Waals surface area contributed by atoms with Crippen LogP contribution in [0.3, 0.4) is 0 Å². The summed E-state index contributed by atoms with van der Waals surface area (Å²) < 4.78 is 10.1. The molecule has 2 N–H and O–H groups in total. The van der Waals surface area contributed by atoms with Crippen LogP contribution in [0.1, 0.15) is 24.0 Å². The third-order valence-electron chi connectivity index (χ3n) is 3.21. The Bertz CT molecular complexity index is 610. The number of urea groups is 1. The first-order valence-corrected chi connectivity index (χ1v) is 7.40. The molecule has 3 amide bonds. The number of imide groups is 1. The van der Waals surface area contributed by atoms with E-state index in [9.17, 15) is 14.4 Å². The number of nitrogens with one attached hydrogen (secondary N) is 2. The molecule has 0 unspecified atom stereocenters. The normalized spacial score (nSPS) is 13.1. The van der Waals surface area contributed by atoms with Crippen LogP contribution in [0.4, 0.5) is 4.79 Å². The fourth-order valence-corrected chi connectivity index (χ4v) is 1.90. The summed E-state index contributed by atoms with van der Waals surface area (Å²) in [7, 11) is 0. The molecule has 1 aromatic carbocycles. The molecule has 1 aliphatic carbocycles. The maximum absolute atomic E-state index is 11.5. The number of aryl methyl sites for hydroxylation is 2. The molecular weight excluding hydrogens is 300 g/mol. The van der Waals surface area contributed by atoms with E-state index in [0.29, 0.717) is 5.75 Å². The Morgan fingerprint density at radius 3 is 2.57 bits per heavy atom. The van der Waals surface area contributed by atoms with Crippen LogP contribution in [-0.2, 0) is 14.3 Å². The van der Waals surface area contributed by atoms with E-state index in [4.69, 9.17) is 9.47 Å². The van der Waals surface area contributed by atoms with Crippen molar-refractivity contribution in [3.63, 3.8) is 0 Å². The Morgan fingerprint density at radius 1 is 1.17 bits per heavy atom. The van der Waals surface area contributed by atoms with E-state index in [1.165, 1.54) is 0 Å². The smallest absolute Gasteiger partial charge is 0.344 e. The van der Waals surface area contributed by atoms with E-state index in [1.807, 2.05) is 26.0 Å². The highest BCUT2D eigenvalue weighted by atomic mass is 16.6. The molecule has 0 aliphatic heterocycles. The van der Waals surface area contributed by atoms with E-state index >= 15 is 0 Å². The number of esters is 1. The first-order valence-electron chi connectivity index (χ1n) is 7.40. The lowest BCUT2D eigenvalue weighted by Crippen LogP contribution is -2.42. The Morgan fingerprint density at radius 2 is 1.91 bits per heavy atom. The topological polar surface area (TPSA) is 93.7 Å². The van der Waals surface area contributed by atoms with Gasteiger partial charge in [-0.2, -0.15) is 0 Å². The van der Waals surface area contributed by atoms with Crippen LogP contribution < -0.4 is 15.4 Å². The van der Waals surface area contributed by atoms with Crippen LogP contribution >= 0.6 is 0 Å². The molecule has 0 radical (unpaired) electrons. The van der Waals surface area contributed by atoms with Gasteiger partial charge in [-0.3, -0.25) is 10.1 Å². The molecule has 1 aromatic rings. The number of amides is 3. The van der Waals surface area contributed by atoms with E-state index in [0.717, 1.165) is 24.0 Å². The van der Waals surface area contributed by atoms with Gasteiger partial charge in [0.1, 0.15) is 5.75 Å². The van der Waals surface area contributed by atoms with Gasteiger partial charge >= 0.3 is 12.0 Å². The molecule has 1 saturated carbocycles. The lowest BCUT2D eigenvalue weighted by Gasteiger charge is -2.10. The Labute approximate surface area is 134 Å². The molecule has 1 aliphatic rings. The molecule has 0 saturated heterocycles. The van der Waals surface area contributed by atoms with Gasteiger partial charge in [-0.05, 0) is 38.3 Å². The second-order valence-corrected chi connectivity index (χ2v) is 5.51. The summed E-state index contributed by atoms with van der Waals surface area (Å²) in [6.45, 7) is 3.02. The molecule has 23 heavy (non-hydrogen) atoms. The van der Waals surface area contributed by atoms with Crippen molar-refractivity contribution in [1.29, 1.82) is 0 Å². The van der Waals surface area contributed by atoms with E-state index < -0.39 is 24.5 Å². The van der Waals surface area contributed by atoms with Crippen LogP contribution in [0.15, 0.2) is 18.2 Å². The molecule has 7 nitrogen and oxygen atoms in total. The summed E-state index contributed by atoms with van der Waals surface area (Å²) in [6, 6.07) is 5.16. The first-order chi connectivity index (χ1) is 10.9. The average molecular weight is 320 g/mol. The number of benzene rings is 1. The Kier molecular flexibility index (Phi) is 5.56. The summed E-state index contributed by atoms with van der Waals surface area (Å²) >= 11 is 0. The second-order valence-electron chi connectivity index (χ2n) is 5.51. The molecule has 0 aromatic heterocycles. The van der Waals surface area contributed by atoms with Crippen LogP contribution in [0.2, 0.25) is 0 Å². The van der Waals surface area contributed by atoms with Gasteiger partial charge in [-0.25, -0.2) is 9.59 Å². The average Bonchev–Trinajstić information content (AvgIpc) is 3.28. The van der Waals surface area contributed by atoms with Gasteiger partial charge in [0.05, 0.1) is 0 Å². The lowest BCUT2D eigenvalue weighted by atomic mass is 10.1. The molecule has 0 heterocycles. The number of carbonyl (C=O) groups excluding carboxylic acids is 3. The van der Waals surface area contributed by atoms with Crippen molar-refractivity contribution >= 4 is 17.9 Å². The molecule has 2 rings (SSSR count). The summed E-state index contributed by atoms with van der Waals surface area (Å²) in [5, 5.41) is 4.68. The maximum atomic E-state index is 11.5. The molecule has 7 heteroatoms. The monoisotopic (exact) mass is 320 g/mol. The SMILES string of the molecule is Cc1ccc(OCC(=O)OCC(=O)NC(=O)NC2CC2)c(C)c1. The third kappa shape index (κ3) is 5.98. The van der Waals surface area contributed by atoms with Crippen molar-refractivity contribution in [1.82, 2.24) is 10.6 Å². The van der Waals surface area contributed by atoms with Crippen LogP contribution in [0.5, 0.6) is 5.75 Å². The number of rotatable bonds is 6. The quantitative estimate of drug-likeness (QED) is 0.769. The minimum Gasteiger partial charge on any atom is -0.482 e. The summed E-state index contributed by atoms with van der Waals surface area (Å²) in [5.41, 5.74) is 2.01. The maximum Gasteiger partial charge on any atom is 0.344 e. The zero-order chi connectivity index (χ0) is 16.8. The van der Waals surface area contributed by atoms with Gasteiger partial charge in [0.2, 0.25) is 0 Å². The largest absolute Gasteiger partial charge is 0.482 e. The van der Waals surface area contributed by atoms with Crippen molar-refractivity contribution in [2.75, 3.05) is 13.2 Å². The second kappa shape index (κ2) is 7.62. The van der Waals surface area contributed by atoms with Crippen LogP contribution in [0, 0.1) is 13.8 Å². The van der Waals surface area contributed by atoms with Gasteiger partial charge in [-0.1, -0.05) is 17.7 Å². The highest BCUT2D eigenvalue weighted by Crippen LogP contribution is 2.19. The van der Waals surface area contributed by atoms with Crippen molar-refractivity contribution in [3.05, 3.63) is 29.3 Å². The standard InChI is InChI=1S/C16H20N2O5/c1-10-3-6-13(11(2)7-10)22-9-15(20)23-8-14(19)18-16(21)17-12-4-5-12/h3,6-7,12H,4-5,8-9H2,1-2H3,(H2,17,18,19,21). The van der Waals surface area contributed by atoms with Gasteiger partial charge < -0.3 is 14.8 Å². The minimum absolute atomic E-state index is 0.150. The highest BCUT2D eigenvalue weighted by Gasteiger charge is 2.24. The zero-order valence-electron chi connectivity index (χ0n) is 13.2. The van der Waals surface area contributed by atoms with Gasteiger partial charge in [0.15, 0.2) is 13.2 Å². The summed E-state index contributed by atoms with van der Waals surface area (Å²) in [5.74, 6) is -0.772. The fraction of sp³-hybridized carbons (Fsp3) is 0.438. The van der Waals surface area contributed by atoms with E-state index in [1.54, 1.807) is 6.07 Å². The van der Waals surface area contributed by atoms with Crippen molar-refractivity contribution in [2.45, 2.75) is 32.7 Å². The van der Waals surface area contributed by atoms with Crippen molar-refractivity contribution in [3.8, 4) is 5.75 Å². The summed E-state index contributed by atoms with van der Waals surface area (Å²) in [4.78, 5) is 34.3. The number of ether oxygens (including phenoxy) is 2. The van der Waals surface area contributed by atoms with E-state index in [2.05, 4.69) is 10.6 Å². The van der Waals surface area contributed by atoms with Gasteiger partial charge in [-0.15, -0.1) is 0 Å².